The predicted molar refractivity (Wildman–Crippen MR) is 43.1 cm³/mol. The van der Waals surface area contributed by atoms with Gasteiger partial charge in [0.25, 0.3) is 0 Å². The summed E-state index contributed by atoms with van der Waals surface area (Å²) in [5, 5.41) is 0.715. The van der Waals surface area contributed by atoms with Gasteiger partial charge >= 0.3 is 7.25 Å². The summed E-state index contributed by atoms with van der Waals surface area (Å²) in [5.74, 6) is 0. The second kappa shape index (κ2) is 6.21. The van der Waals surface area contributed by atoms with Gasteiger partial charge in [-0.05, 0) is 13.8 Å². The van der Waals surface area contributed by atoms with Crippen LogP contribution in [0.4, 0.5) is 17.3 Å². The highest BCUT2D eigenvalue weighted by molar-refractivity contribution is 8.59. The Balaban J connectivity index is 0. The molecule has 0 rings (SSSR count). The van der Waals surface area contributed by atoms with Crippen molar-refractivity contribution >= 4 is 29.7 Å². The van der Waals surface area contributed by atoms with Crippen LogP contribution in [-0.4, -0.2) is 12.5 Å². The summed E-state index contributed by atoms with van der Waals surface area (Å²) in [5.41, 5.74) is 0. The van der Waals surface area contributed by atoms with Gasteiger partial charge < -0.3 is 17.3 Å². The van der Waals surface area contributed by atoms with E-state index in [1.807, 2.05) is 0 Å². The Morgan fingerprint density at radius 1 is 1.20 bits per heavy atom. The van der Waals surface area contributed by atoms with Crippen molar-refractivity contribution in [1.82, 2.24) is 0 Å². The first-order valence-corrected chi connectivity index (χ1v) is 4.57. The Bertz CT molecular complexity index is 67.4. The van der Waals surface area contributed by atoms with E-state index in [0.717, 1.165) is 0 Å². The Kier molecular flexibility index (Phi) is 8.14. The summed E-state index contributed by atoms with van der Waals surface area (Å²) in [7, 11) is -4.31. The van der Waals surface area contributed by atoms with E-state index in [0.29, 0.717) is 5.25 Å². The van der Waals surface area contributed by atoms with Crippen LogP contribution in [0.15, 0.2) is 0 Å². The van der Waals surface area contributed by atoms with Gasteiger partial charge in [-0.25, -0.2) is 0 Å². The summed E-state index contributed by atoms with van der Waals surface area (Å²) < 4.78 is 39.0. The zero-order valence-corrected chi connectivity index (χ0v) is 7.39. The summed E-state index contributed by atoms with van der Waals surface area (Å²) >= 11 is 3.27. The molecule has 0 aromatic carbocycles. The van der Waals surface area contributed by atoms with Crippen molar-refractivity contribution in [2.24, 2.45) is 0 Å². The fourth-order valence-corrected chi connectivity index (χ4v) is 0. The number of rotatable bonds is 1. The molecule has 0 saturated heterocycles. The molecular formula is C3H9BF4S2. The molecule has 7 heteroatoms. The van der Waals surface area contributed by atoms with Crippen LogP contribution in [0.5, 0.6) is 0 Å². The predicted octanol–water partition coefficient (Wildman–Crippen LogP) is 2.35. The molecule has 0 bridgehead atoms. The quantitative estimate of drug-likeness (QED) is 0.268. The number of hydrogen-bond donors (Lipinski definition) is 0. The second-order valence-corrected chi connectivity index (χ2v) is 3.55. The zero-order valence-electron chi connectivity index (χ0n) is 5.57. The van der Waals surface area contributed by atoms with Crippen LogP contribution < -0.4 is 0 Å². The largest absolute Gasteiger partial charge is 0.673 e. The van der Waals surface area contributed by atoms with Crippen LogP contribution in [0.1, 0.15) is 13.8 Å². The first-order valence-electron chi connectivity index (χ1n) is 2.47. The molecular weight excluding hydrogens is 187 g/mol. The third-order valence-electron chi connectivity index (χ3n) is 0.236. The molecule has 0 aliphatic rings. The lowest BCUT2D eigenvalue weighted by molar-refractivity contribution is 0.368. The van der Waals surface area contributed by atoms with E-state index >= 15 is 0 Å². The summed E-state index contributed by atoms with van der Waals surface area (Å²) in [6.45, 7) is 4.27. The minimum Gasteiger partial charge on any atom is -0.418 e. The summed E-state index contributed by atoms with van der Waals surface area (Å²) in [4.78, 5) is 0. The van der Waals surface area contributed by atoms with Crippen molar-refractivity contribution in [2.45, 2.75) is 19.1 Å². The van der Waals surface area contributed by atoms with Gasteiger partial charge in [-0.3, -0.25) is 0 Å². The molecule has 64 valence electrons. The molecule has 0 fully saturated rings. The van der Waals surface area contributed by atoms with Crippen molar-refractivity contribution in [3.05, 3.63) is 0 Å². The average molecular weight is 196 g/mol. The van der Waals surface area contributed by atoms with E-state index in [-0.39, 0.29) is 0 Å². The van der Waals surface area contributed by atoms with Gasteiger partial charge in [0.2, 0.25) is 0 Å². The van der Waals surface area contributed by atoms with Gasteiger partial charge in [-0.2, -0.15) is 0 Å². The maximum Gasteiger partial charge on any atom is 0.673 e. The lowest BCUT2D eigenvalue weighted by Gasteiger charge is -1.94. The van der Waals surface area contributed by atoms with Crippen molar-refractivity contribution in [1.29, 1.82) is 0 Å². The molecule has 0 N–H and O–H groups in total. The van der Waals surface area contributed by atoms with E-state index in [4.69, 9.17) is 0 Å². The Morgan fingerprint density at radius 2 is 1.30 bits per heavy atom. The maximum atomic E-state index is 9.75. The Hall–Kier alpha value is 0.485. The molecule has 0 nitrogen and oxygen atoms in total. The monoisotopic (exact) mass is 196 g/mol. The third kappa shape index (κ3) is 77.0. The highest BCUT2D eigenvalue weighted by atomic mass is 33.1. The SMILES string of the molecule is CC(C)S[SH2+].F[B-](F)(F)F. The Morgan fingerprint density at radius 3 is 1.30 bits per heavy atom. The normalized spacial score (nSPS) is 10.8. The van der Waals surface area contributed by atoms with Gasteiger partial charge in [-0.15, -0.1) is 0 Å². The van der Waals surface area contributed by atoms with Crippen LogP contribution in [0.25, 0.3) is 0 Å². The average Bonchev–Trinajstić information content (AvgIpc) is 1.61. The van der Waals surface area contributed by atoms with E-state index in [2.05, 4.69) is 25.5 Å². The molecule has 0 saturated carbocycles. The molecule has 0 unspecified atom stereocenters. The fourth-order valence-electron chi connectivity index (χ4n) is 0. The molecule has 0 spiro atoms. The molecule has 0 aliphatic heterocycles. The zero-order chi connectivity index (χ0) is 8.78. The second-order valence-electron chi connectivity index (χ2n) is 1.66. The van der Waals surface area contributed by atoms with Gasteiger partial charge in [-0.1, -0.05) is 0 Å². The smallest absolute Gasteiger partial charge is 0.418 e. The van der Waals surface area contributed by atoms with Gasteiger partial charge in [0, 0.05) is 16.9 Å². The molecule has 0 atom stereocenters. The molecule has 0 amide bonds. The highest BCUT2D eigenvalue weighted by Gasteiger charge is 2.20. The molecule has 0 aromatic rings. The first-order chi connectivity index (χ1) is 4.27. The summed E-state index contributed by atoms with van der Waals surface area (Å²) in [6.07, 6.45) is 0. The van der Waals surface area contributed by atoms with Gasteiger partial charge in [0.15, 0.2) is 0 Å². The van der Waals surface area contributed by atoms with Gasteiger partial charge in [0.05, 0.1) is 10.8 Å². The highest BCUT2D eigenvalue weighted by Crippen LogP contribution is 2.06. The number of hydrogen-bond acceptors (Lipinski definition) is 1. The van der Waals surface area contributed by atoms with Crippen LogP contribution in [0.2, 0.25) is 0 Å². The first kappa shape index (κ1) is 13.1. The third-order valence-corrected chi connectivity index (χ3v) is 2.12. The molecule has 0 heterocycles. The standard InChI is InChI=1S/C3H8S2.BF4/c1-3(2)5-4;2-1(3,4)5/h3-4H,1-2H3;/q;-1/p+1. The van der Waals surface area contributed by atoms with E-state index in [9.17, 15) is 17.3 Å². The van der Waals surface area contributed by atoms with Crippen LogP contribution >= 0.6 is 10.8 Å². The van der Waals surface area contributed by atoms with Gasteiger partial charge in [0.1, 0.15) is 0 Å². The van der Waals surface area contributed by atoms with Crippen LogP contribution in [0.3, 0.4) is 0 Å². The van der Waals surface area contributed by atoms with Crippen molar-refractivity contribution < 1.29 is 17.3 Å². The molecule has 10 heavy (non-hydrogen) atoms. The topological polar surface area (TPSA) is 0 Å². The lowest BCUT2D eigenvalue weighted by atomic mass is 10.3. The minimum absolute atomic E-state index is 0.715. The van der Waals surface area contributed by atoms with Crippen molar-refractivity contribution in [3.63, 3.8) is 0 Å². The van der Waals surface area contributed by atoms with E-state index < -0.39 is 7.25 Å². The van der Waals surface area contributed by atoms with Crippen LogP contribution in [0, 0.1) is 0 Å². The van der Waals surface area contributed by atoms with Crippen LogP contribution in [-0.2, 0) is 11.7 Å². The maximum absolute atomic E-state index is 9.75. The fraction of sp³-hybridized carbons (Fsp3) is 1.00. The van der Waals surface area contributed by atoms with E-state index in [1.165, 1.54) is 0 Å². The summed E-state index contributed by atoms with van der Waals surface area (Å²) in [6, 6.07) is 0. The molecule has 0 radical (unpaired) electrons. The van der Waals surface area contributed by atoms with Crippen molar-refractivity contribution in [2.75, 3.05) is 0 Å². The Labute approximate surface area is 66.7 Å². The van der Waals surface area contributed by atoms with E-state index in [1.54, 1.807) is 10.8 Å². The minimum atomic E-state index is -6.00. The molecule has 0 aliphatic carbocycles. The lowest BCUT2D eigenvalue weighted by Crippen LogP contribution is -2.02. The number of halogens is 4. The molecule has 0 aromatic heterocycles. The van der Waals surface area contributed by atoms with Crippen molar-refractivity contribution in [3.8, 4) is 0 Å².